The highest BCUT2D eigenvalue weighted by Gasteiger charge is 2.19. The van der Waals surface area contributed by atoms with Gasteiger partial charge in [0, 0.05) is 19.3 Å². The van der Waals surface area contributed by atoms with Gasteiger partial charge in [-0.15, -0.1) is 0 Å². The zero-order valence-electron chi connectivity index (χ0n) is 52.9. The summed E-state index contributed by atoms with van der Waals surface area (Å²) < 4.78 is 16.9. The first-order valence-electron chi connectivity index (χ1n) is 33.5. The van der Waals surface area contributed by atoms with Crippen LogP contribution in [-0.4, -0.2) is 37.2 Å². The van der Waals surface area contributed by atoms with E-state index < -0.39 is 6.10 Å². The number of rotatable bonds is 59. The van der Waals surface area contributed by atoms with Gasteiger partial charge in [-0.25, -0.2) is 0 Å². The van der Waals surface area contributed by atoms with Crippen molar-refractivity contribution in [3.05, 3.63) is 158 Å². The second-order valence-corrected chi connectivity index (χ2v) is 21.6. The molecule has 0 aliphatic carbocycles. The lowest BCUT2D eigenvalue weighted by molar-refractivity contribution is -0.167. The Morgan fingerprint density at radius 3 is 0.793 bits per heavy atom. The molecule has 0 aliphatic rings. The predicted octanol–water partition coefficient (Wildman–Crippen LogP) is 23.3. The van der Waals surface area contributed by atoms with Crippen LogP contribution in [0.15, 0.2) is 158 Å². The van der Waals surface area contributed by atoms with E-state index in [1.807, 2.05) is 0 Å². The predicted molar refractivity (Wildman–Crippen MR) is 357 cm³/mol. The Morgan fingerprint density at radius 2 is 0.488 bits per heavy atom. The maximum atomic E-state index is 12.9. The Kier molecular flexibility index (Phi) is 64.4. The first-order valence-corrected chi connectivity index (χ1v) is 33.5. The zero-order valence-corrected chi connectivity index (χ0v) is 52.9. The highest BCUT2D eigenvalue weighted by atomic mass is 16.6. The van der Waals surface area contributed by atoms with Crippen LogP contribution in [0.1, 0.15) is 284 Å². The maximum Gasteiger partial charge on any atom is 0.306 e. The molecular weight excluding hydrogens is 1010 g/mol. The van der Waals surface area contributed by atoms with Gasteiger partial charge in [0.15, 0.2) is 6.10 Å². The van der Waals surface area contributed by atoms with E-state index in [2.05, 4.69) is 179 Å². The second kappa shape index (κ2) is 68.5. The van der Waals surface area contributed by atoms with Crippen molar-refractivity contribution in [2.75, 3.05) is 13.2 Å². The van der Waals surface area contributed by atoms with Gasteiger partial charge in [-0.2, -0.15) is 0 Å². The quantitative estimate of drug-likeness (QED) is 0.0261. The van der Waals surface area contributed by atoms with E-state index in [0.29, 0.717) is 19.3 Å². The lowest BCUT2D eigenvalue weighted by atomic mass is 10.0. The van der Waals surface area contributed by atoms with Crippen molar-refractivity contribution in [2.45, 2.75) is 290 Å². The van der Waals surface area contributed by atoms with Crippen LogP contribution in [0, 0.1) is 0 Å². The van der Waals surface area contributed by atoms with Crippen molar-refractivity contribution in [2.24, 2.45) is 0 Å². The van der Waals surface area contributed by atoms with Gasteiger partial charge in [0.1, 0.15) is 13.2 Å². The van der Waals surface area contributed by atoms with Crippen LogP contribution in [-0.2, 0) is 28.6 Å². The fourth-order valence-electron chi connectivity index (χ4n) is 8.81. The third-order valence-electron chi connectivity index (χ3n) is 13.7. The van der Waals surface area contributed by atoms with Gasteiger partial charge in [-0.05, 0) is 141 Å². The van der Waals surface area contributed by atoms with Crippen LogP contribution in [0.25, 0.3) is 0 Å². The molecular formula is C76H122O6. The summed E-state index contributed by atoms with van der Waals surface area (Å²) in [6.07, 6.45) is 99.8. The number of hydrogen-bond acceptors (Lipinski definition) is 6. The zero-order chi connectivity index (χ0) is 59.2. The minimum absolute atomic E-state index is 0.109. The van der Waals surface area contributed by atoms with Gasteiger partial charge in [0.25, 0.3) is 0 Å². The van der Waals surface area contributed by atoms with Gasteiger partial charge < -0.3 is 14.2 Å². The van der Waals surface area contributed by atoms with Crippen molar-refractivity contribution in [3.63, 3.8) is 0 Å². The molecule has 0 bridgehead atoms. The van der Waals surface area contributed by atoms with Crippen LogP contribution in [0.3, 0.4) is 0 Å². The summed E-state index contributed by atoms with van der Waals surface area (Å²) in [5.74, 6) is -0.980. The molecule has 462 valence electrons. The van der Waals surface area contributed by atoms with E-state index in [0.717, 1.165) is 135 Å². The topological polar surface area (TPSA) is 78.9 Å². The molecule has 6 nitrogen and oxygen atoms in total. The Balaban J connectivity index is 4.33. The minimum atomic E-state index is -0.820. The highest BCUT2D eigenvalue weighted by molar-refractivity contribution is 5.71. The molecule has 0 rings (SSSR count). The number of esters is 3. The van der Waals surface area contributed by atoms with Crippen LogP contribution >= 0.6 is 0 Å². The molecule has 0 N–H and O–H groups in total. The minimum Gasteiger partial charge on any atom is -0.462 e. The van der Waals surface area contributed by atoms with Crippen molar-refractivity contribution in [3.8, 4) is 0 Å². The largest absolute Gasteiger partial charge is 0.462 e. The Morgan fingerprint density at radius 1 is 0.256 bits per heavy atom. The number of carbonyl (C=O) groups excluding carboxylic acids is 3. The molecule has 0 saturated carbocycles. The van der Waals surface area contributed by atoms with E-state index in [4.69, 9.17) is 14.2 Å². The first-order chi connectivity index (χ1) is 40.5. The summed E-state index contributed by atoms with van der Waals surface area (Å²) in [5.41, 5.74) is 0. The molecule has 82 heavy (non-hydrogen) atoms. The third kappa shape index (κ3) is 65.8. The highest BCUT2D eigenvalue weighted by Crippen LogP contribution is 2.15. The molecule has 0 aromatic rings. The molecule has 0 radical (unpaired) electrons. The second-order valence-electron chi connectivity index (χ2n) is 21.6. The SMILES string of the molecule is CC/C=C\C/C=C\C/C=C\C/C=C\C/C=C\C/C=C\C/C=C\CCCCCCCCCCCCCC(=O)OCC(COC(=O)CCCCCCC/C=C\CCCCCCC)OC(=O)CCC/C=C\C/C=C\C/C=C\C/C=C\C/C=C\CC. The molecule has 0 saturated heterocycles. The summed E-state index contributed by atoms with van der Waals surface area (Å²) in [5, 5.41) is 0. The standard InChI is InChI=1S/C76H122O6/c1-4-7-10-13-16-19-22-25-28-30-31-32-33-34-35-36-37-38-39-40-41-42-43-44-45-47-48-51-54-57-60-63-66-69-75(78)81-72-73(71-80-74(77)68-65-62-59-56-53-50-27-24-21-18-15-12-9-6-3)82-76(79)70-67-64-61-58-55-52-49-46-29-26-23-20-17-14-11-8-5-2/h7-8,10-11,16-17,19-20,24-29,31-32,34-35,37-38,40-41,49,52,58,61,73H,4-6,9,12-15,18,21-23,30,33,36,39,42-48,50-51,53-57,59-60,62-72H2,1-3H3/b10-7-,11-8-,19-16-,20-17-,27-24-,28-25-,29-26-,32-31-,35-34-,38-37-,41-40-,52-49-,61-58-. The maximum absolute atomic E-state index is 12.9. The van der Waals surface area contributed by atoms with E-state index in [1.165, 1.54) is 103 Å². The van der Waals surface area contributed by atoms with Crippen molar-refractivity contribution >= 4 is 17.9 Å². The Hall–Kier alpha value is -4.97. The van der Waals surface area contributed by atoms with Crippen LogP contribution in [0.4, 0.5) is 0 Å². The van der Waals surface area contributed by atoms with Gasteiger partial charge in [-0.3, -0.25) is 14.4 Å². The van der Waals surface area contributed by atoms with Crippen LogP contribution < -0.4 is 0 Å². The molecule has 0 aromatic carbocycles. The molecule has 1 atom stereocenters. The monoisotopic (exact) mass is 1130 g/mol. The molecule has 0 spiro atoms. The molecule has 0 aromatic heterocycles. The number of ether oxygens (including phenoxy) is 3. The first kappa shape index (κ1) is 77.0. The van der Waals surface area contributed by atoms with Crippen LogP contribution in [0.5, 0.6) is 0 Å². The average Bonchev–Trinajstić information content (AvgIpc) is 3.47. The molecule has 1 unspecified atom stereocenters. The third-order valence-corrected chi connectivity index (χ3v) is 13.7. The van der Waals surface area contributed by atoms with E-state index in [1.54, 1.807) is 0 Å². The normalized spacial score (nSPS) is 13.2. The van der Waals surface area contributed by atoms with E-state index >= 15 is 0 Å². The number of allylic oxidation sites excluding steroid dienone is 26. The lowest BCUT2D eigenvalue weighted by Gasteiger charge is -2.18. The van der Waals surface area contributed by atoms with Crippen molar-refractivity contribution in [1.29, 1.82) is 0 Å². The smallest absolute Gasteiger partial charge is 0.306 e. The molecule has 0 fully saturated rings. The number of hydrogen-bond donors (Lipinski definition) is 0. The van der Waals surface area contributed by atoms with Gasteiger partial charge in [0.05, 0.1) is 0 Å². The summed E-state index contributed by atoms with van der Waals surface area (Å²) in [6.45, 7) is 6.35. The number of carbonyl (C=O) groups is 3. The summed E-state index contributed by atoms with van der Waals surface area (Å²) in [7, 11) is 0. The number of unbranched alkanes of at least 4 members (excludes halogenated alkanes) is 22. The fraction of sp³-hybridized carbons (Fsp3) is 0.618. The Labute approximate surface area is 505 Å². The van der Waals surface area contributed by atoms with E-state index in [-0.39, 0.29) is 37.5 Å². The summed E-state index contributed by atoms with van der Waals surface area (Å²) in [6, 6.07) is 0. The van der Waals surface area contributed by atoms with E-state index in [9.17, 15) is 14.4 Å². The molecule has 0 aliphatic heterocycles. The summed E-state index contributed by atoms with van der Waals surface area (Å²) in [4.78, 5) is 38.3. The summed E-state index contributed by atoms with van der Waals surface area (Å²) >= 11 is 0. The average molecular weight is 1130 g/mol. The van der Waals surface area contributed by atoms with Gasteiger partial charge >= 0.3 is 17.9 Å². The molecule has 0 amide bonds. The molecule has 0 heterocycles. The Bertz CT molecular complexity index is 1830. The molecule has 6 heteroatoms. The van der Waals surface area contributed by atoms with Crippen LogP contribution in [0.2, 0.25) is 0 Å². The van der Waals surface area contributed by atoms with Gasteiger partial charge in [0.2, 0.25) is 0 Å². The van der Waals surface area contributed by atoms with Crippen molar-refractivity contribution in [1.82, 2.24) is 0 Å². The fourth-order valence-corrected chi connectivity index (χ4v) is 8.81. The van der Waals surface area contributed by atoms with Crippen molar-refractivity contribution < 1.29 is 28.6 Å². The van der Waals surface area contributed by atoms with Gasteiger partial charge in [-0.1, -0.05) is 281 Å². The lowest BCUT2D eigenvalue weighted by Crippen LogP contribution is -2.30.